The highest BCUT2D eigenvalue weighted by molar-refractivity contribution is 7.99. The number of pyridine rings is 1. The van der Waals surface area contributed by atoms with Gasteiger partial charge in [0.05, 0.1) is 17.0 Å². The summed E-state index contributed by atoms with van der Waals surface area (Å²) >= 11 is 1.18. The van der Waals surface area contributed by atoms with Gasteiger partial charge in [0.2, 0.25) is 5.16 Å². The van der Waals surface area contributed by atoms with Crippen molar-refractivity contribution in [3.8, 4) is 0 Å². The van der Waals surface area contributed by atoms with Gasteiger partial charge in [-0.1, -0.05) is 0 Å². The maximum absolute atomic E-state index is 10.8. The molecule has 18 heavy (non-hydrogen) atoms. The zero-order valence-corrected chi connectivity index (χ0v) is 10.6. The zero-order valence-electron chi connectivity index (χ0n) is 9.78. The first-order valence-electron chi connectivity index (χ1n) is 5.11. The number of carboxylic acid groups (broad SMARTS) is 1. The Balaban J connectivity index is 2.25. The second-order valence-corrected chi connectivity index (χ2v) is 4.54. The molecule has 0 aliphatic carbocycles. The van der Waals surface area contributed by atoms with Crippen LogP contribution in [0.2, 0.25) is 0 Å². The first kappa shape index (κ1) is 12.4. The Morgan fingerprint density at radius 2 is 2.06 bits per heavy atom. The van der Waals surface area contributed by atoms with E-state index in [0.717, 1.165) is 11.4 Å². The lowest BCUT2D eigenvalue weighted by Gasteiger charge is -2.02. The molecule has 0 amide bonds. The van der Waals surface area contributed by atoms with E-state index in [9.17, 15) is 4.79 Å². The minimum atomic E-state index is -0.988. The quantitative estimate of drug-likeness (QED) is 0.900. The van der Waals surface area contributed by atoms with E-state index in [-0.39, 0.29) is 5.56 Å². The molecule has 0 spiro atoms. The summed E-state index contributed by atoms with van der Waals surface area (Å²) in [6.45, 7) is 3.67. The summed E-state index contributed by atoms with van der Waals surface area (Å²) in [5.41, 5.74) is 1.75. The van der Waals surface area contributed by atoms with E-state index in [1.54, 1.807) is 0 Å². The van der Waals surface area contributed by atoms with E-state index in [2.05, 4.69) is 20.2 Å². The summed E-state index contributed by atoms with van der Waals surface area (Å²) in [4.78, 5) is 19.1. The van der Waals surface area contributed by atoms with Crippen LogP contribution in [-0.4, -0.2) is 31.2 Å². The van der Waals surface area contributed by atoms with E-state index >= 15 is 0 Å². The van der Waals surface area contributed by atoms with Gasteiger partial charge in [0.1, 0.15) is 5.03 Å². The molecule has 0 bridgehead atoms. The number of aromatic carboxylic acids is 1. The average Bonchev–Trinajstić information content (AvgIpc) is 2.34. The topological polar surface area (TPSA) is 88.9 Å². The van der Waals surface area contributed by atoms with E-state index in [1.807, 2.05) is 13.8 Å². The van der Waals surface area contributed by atoms with Gasteiger partial charge in [-0.15, -0.1) is 5.10 Å². The molecule has 2 rings (SSSR count). The molecule has 0 atom stereocenters. The van der Waals surface area contributed by atoms with E-state index < -0.39 is 5.97 Å². The molecule has 0 fully saturated rings. The van der Waals surface area contributed by atoms with Crippen LogP contribution < -0.4 is 0 Å². The number of hydrogen-bond donors (Lipinski definition) is 1. The summed E-state index contributed by atoms with van der Waals surface area (Å²) in [6, 6.07) is 2.91. The monoisotopic (exact) mass is 262 g/mol. The first-order valence-corrected chi connectivity index (χ1v) is 5.93. The fraction of sp³-hybridized carbons (Fsp3) is 0.182. The van der Waals surface area contributed by atoms with Crippen molar-refractivity contribution in [2.45, 2.75) is 24.0 Å². The number of carbonyl (C=O) groups is 1. The summed E-state index contributed by atoms with van der Waals surface area (Å²) in [5, 5.41) is 17.7. The lowest BCUT2D eigenvalue weighted by molar-refractivity contribution is 0.0696. The summed E-state index contributed by atoms with van der Waals surface area (Å²) < 4.78 is 0. The van der Waals surface area contributed by atoms with Gasteiger partial charge in [0, 0.05) is 6.20 Å². The van der Waals surface area contributed by atoms with Gasteiger partial charge in [-0.05, 0) is 37.7 Å². The Bertz CT molecular complexity index is 603. The average molecular weight is 262 g/mol. The SMILES string of the molecule is Cc1nnc(Sc2cc(C(=O)O)ccn2)nc1C. The van der Waals surface area contributed by atoms with Crippen LogP contribution in [0, 0.1) is 13.8 Å². The predicted octanol–water partition coefficient (Wildman–Crippen LogP) is 1.73. The third kappa shape index (κ3) is 2.80. The molecule has 6 nitrogen and oxygen atoms in total. The molecule has 0 aliphatic rings. The number of hydrogen-bond acceptors (Lipinski definition) is 6. The van der Waals surface area contributed by atoms with Crippen molar-refractivity contribution in [1.29, 1.82) is 0 Å². The molecule has 0 unspecified atom stereocenters. The van der Waals surface area contributed by atoms with Crippen LogP contribution in [0.15, 0.2) is 28.5 Å². The molecule has 0 radical (unpaired) electrons. The molecule has 0 saturated heterocycles. The van der Waals surface area contributed by atoms with Crippen molar-refractivity contribution in [3.05, 3.63) is 35.3 Å². The Morgan fingerprint density at radius 3 is 2.72 bits per heavy atom. The highest BCUT2D eigenvalue weighted by atomic mass is 32.2. The minimum absolute atomic E-state index is 0.185. The highest BCUT2D eigenvalue weighted by Crippen LogP contribution is 2.22. The normalized spacial score (nSPS) is 10.3. The molecule has 0 saturated carbocycles. The van der Waals surface area contributed by atoms with Crippen molar-refractivity contribution < 1.29 is 9.90 Å². The fourth-order valence-electron chi connectivity index (χ4n) is 1.17. The maximum Gasteiger partial charge on any atom is 0.335 e. The van der Waals surface area contributed by atoms with Crippen molar-refractivity contribution in [3.63, 3.8) is 0 Å². The Kier molecular flexibility index (Phi) is 3.52. The Morgan fingerprint density at radius 1 is 1.28 bits per heavy atom. The number of aromatic nitrogens is 4. The number of aryl methyl sites for hydroxylation is 2. The van der Waals surface area contributed by atoms with Crippen molar-refractivity contribution in [1.82, 2.24) is 20.2 Å². The highest BCUT2D eigenvalue weighted by Gasteiger charge is 2.08. The van der Waals surface area contributed by atoms with Gasteiger partial charge in [0.25, 0.3) is 0 Å². The molecule has 2 aromatic heterocycles. The van der Waals surface area contributed by atoms with E-state index in [4.69, 9.17) is 5.11 Å². The van der Waals surface area contributed by atoms with Gasteiger partial charge in [0.15, 0.2) is 0 Å². The molecular formula is C11H10N4O2S. The van der Waals surface area contributed by atoms with Gasteiger partial charge in [-0.25, -0.2) is 14.8 Å². The summed E-state index contributed by atoms with van der Waals surface area (Å²) in [5.74, 6) is -0.988. The molecule has 0 aromatic carbocycles. The van der Waals surface area contributed by atoms with Crippen LogP contribution in [0.1, 0.15) is 21.7 Å². The lowest BCUT2D eigenvalue weighted by Crippen LogP contribution is -1.99. The van der Waals surface area contributed by atoms with E-state index in [0.29, 0.717) is 10.2 Å². The first-order chi connectivity index (χ1) is 8.56. The third-order valence-corrected chi connectivity index (χ3v) is 3.04. The zero-order chi connectivity index (χ0) is 13.1. The molecule has 1 N–H and O–H groups in total. The van der Waals surface area contributed by atoms with Gasteiger partial charge in [-0.2, -0.15) is 5.10 Å². The molecular weight excluding hydrogens is 252 g/mol. The Hall–Kier alpha value is -2.02. The second kappa shape index (κ2) is 5.09. The number of nitrogens with zero attached hydrogens (tertiary/aromatic N) is 4. The second-order valence-electron chi connectivity index (χ2n) is 3.56. The number of rotatable bonds is 3. The maximum atomic E-state index is 10.8. The van der Waals surface area contributed by atoms with Crippen LogP contribution in [0.3, 0.4) is 0 Å². The van der Waals surface area contributed by atoms with Crippen LogP contribution in [0.5, 0.6) is 0 Å². The minimum Gasteiger partial charge on any atom is -0.478 e. The summed E-state index contributed by atoms with van der Waals surface area (Å²) in [6.07, 6.45) is 1.44. The molecule has 2 aromatic rings. The van der Waals surface area contributed by atoms with Crippen LogP contribution in [0.4, 0.5) is 0 Å². The van der Waals surface area contributed by atoms with Crippen molar-refractivity contribution in [2.75, 3.05) is 0 Å². The van der Waals surface area contributed by atoms with Crippen LogP contribution >= 0.6 is 11.8 Å². The van der Waals surface area contributed by atoms with Gasteiger partial charge in [-0.3, -0.25) is 0 Å². The molecule has 92 valence electrons. The largest absolute Gasteiger partial charge is 0.478 e. The summed E-state index contributed by atoms with van der Waals surface area (Å²) in [7, 11) is 0. The van der Waals surface area contributed by atoms with Gasteiger partial charge >= 0.3 is 5.97 Å². The third-order valence-electron chi connectivity index (χ3n) is 2.25. The smallest absolute Gasteiger partial charge is 0.335 e. The van der Waals surface area contributed by atoms with Crippen LogP contribution in [0.25, 0.3) is 0 Å². The molecule has 0 aliphatic heterocycles. The lowest BCUT2D eigenvalue weighted by atomic mass is 10.3. The number of carboxylic acids is 1. The molecule has 7 heteroatoms. The fourth-order valence-corrected chi connectivity index (χ4v) is 1.92. The van der Waals surface area contributed by atoms with Crippen molar-refractivity contribution in [2.24, 2.45) is 0 Å². The van der Waals surface area contributed by atoms with Crippen molar-refractivity contribution >= 4 is 17.7 Å². The molecule has 2 heterocycles. The predicted molar refractivity (Wildman–Crippen MR) is 64.6 cm³/mol. The van der Waals surface area contributed by atoms with Gasteiger partial charge < -0.3 is 5.11 Å². The van der Waals surface area contributed by atoms with Crippen LogP contribution in [-0.2, 0) is 0 Å². The Labute approximate surface area is 108 Å². The van der Waals surface area contributed by atoms with E-state index in [1.165, 1.54) is 30.1 Å². The standard InChI is InChI=1S/C11H10N4O2S/c1-6-7(2)14-15-11(13-6)18-9-5-8(10(16)17)3-4-12-9/h3-5H,1-2H3,(H,16,17).